The molecule has 0 aliphatic rings. The number of pyridine rings is 1. The predicted octanol–water partition coefficient (Wildman–Crippen LogP) is 9.62. The first-order valence-electron chi connectivity index (χ1n) is 13.5. The fourth-order valence-electron chi connectivity index (χ4n) is 5.93. The third kappa shape index (κ3) is 3.64. The molecule has 5 aromatic carbocycles. The van der Waals surface area contributed by atoms with Crippen molar-refractivity contribution < 1.29 is 13.4 Å². The van der Waals surface area contributed by atoms with Crippen molar-refractivity contribution >= 4 is 43.5 Å². The van der Waals surface area contributed by atoms with Gasteiger partial charge in [-0.1, -0.05) is 74.5 Å². The van der Waals surface area contributed by atoms with Gasteiger partial charge in [-0.2, -0.15) is 0 Å². The van der Waals surface area contributed by atoms with Crippen molar-refractivity contribution in [1.29, 1.82) is 0 Å². The molecule has 2 nitrogen and oxygen atoms in total. The summed E-state index contributed by atoms with van der Waals surface area (Å²) in [7, 11) is 2.06. The smallest absolute Gasteiger partial charge is 0.216 e. The molecule has 0 spiro atoms. The molecule has 0 aliphatic heterocycles. The topological polar surface area (TPSA) is 17.0 Å². The lowest BCUT2D eigenvalue weighted by molar-refractivity contribution is -0.660. The van der Waals surface area contributed by atoms with Crippen molar-refractivity contribution in [2.45, 2.75) is 26.7 Å². The van der Waals surface area contributed by atoms with Crippen molar-refractivity contribution in [3.63, 3.8) is 0 Å². The average Bonchev–Trinajstić information content (AvgIpc) is 3.31. The van der Waals surface area contributed by atoms with Crippen LogP contribution in [-0.4, -0.2) is 0 Å². The summed E-state index contributed by atoms with van der Waals surface area (Å²) in [6.45, 7) is 6.52. The number of hydrogen-bond donors (Lipinski definition) is 0. The third-order valence-electron chi connectivity index (χ3n) is 8.10. The van der Waals surface area contributed by atoms with Crippen molar-refractivity contribution in [2.24, 2.45) is 7.05 Å². The molecule has 2 heterocycles. The molecular formula is C36H29FNO+. The molecule has 7 rings (SSSR count). The minimum absolute atomic E-state index is 0.285. The quantitative estimate of drug-likeness (QED) is 0.171. The van der Waals surface area contributed by atoms with Gasteiger partial charge in [0.25, 0.3) is 0 Å². The second kappa shape index (κ2) is 8.78. The van der Waals surface area contributed by atoms with E-state index >= 15 is 4.39 Å². The first kappa shape index (κ1) is 23.6. The van der Waals surface area contributed by atoms with Crippen LogP contribution in [-0.2, 0) is 7.05 Å². The fraction of sp³-hybridized carbons (Fsp3) is 0.139. The number of benzene rings is 5. The zero-order valence-electron chi connectivity index (χ0n) is 22.5. The van der Waals surface area contributed by atoms with Gasteiger partial charge in [0, 0.05) is 22.9 Å². The summed E-state index contributed by atoms with van der Waals surface area (Å²) in [5.41, 5.74) is 7.21. The van der Waals surface area contributed by atoms with Gasteiger partial charge < -0.3 is 4.42 Å². The lowest BCUT2D eigenvalue weighted by atomic mass is 9.95. The fourth-order valence-corrected chi connectivity index (χ4v) is 5.93. The van der Waals surface area contributed by atoms with Crippen LogP contribution in [0.15, 0.2) is 102 Å². The predicted molar refractivity (Wildman–Crippen MR) is 160 cm³/mol. The Morgan fingerprint density at radius 3 is 2.21 bits per heavy atom. The van der Waals surface area contributed by atoms with E-state index in [9.17, 15) is 0 Å². The summed E-state index contributed by atoms with van der Waals surface area (Å²) in [6, 6.07) is 30.8. The Balaban J connectivity index is 1.50. The van der Waals surface area contributed by atoms with Gasteiger partial charge in [0.1, 0.15) is 24.0 Å². The summed E-state index contributed by atoms with van der Waals surface area (Å²) < 4.78 is 24.4. The molecule has 7 aromatic rings. The summed E-state index contributed by atoms with van der Waals surface area (Å²) in [5, 5.41) is 6.54. The van der Waals surface area contributed by atoms with E-state index in [1.165, 1.54) is 16.3 Å². The van der Waals surface area contributed by atoms with Crippen LogP contribution < -0.4 is 4.57 Å². The molecule has 3 heteroatoms. The first-order valence-corrected chi connectivity index (χ1v) is 13.5. The number of rotatable bonds is 3. The Hall–Kier alpha value is -4.50. The molecule has 0 bridgehead atoms. The van der Waals surface area contributed by atoms with E-state index in [0.717, 1.165) is 49.5 Å². The number of nitrogens with zero attached hydrogens (tertiary/aromatic N) is 1. The molecule has 0 N–H and O–H groups in total. The molecule has 39 heavy (non-hydrogen) atoms. The summed E-state index contributed by atoms with van der Waals surface area (Å²) in [6.07, 6.45) is 2.11. The number of aryl methyl sites for hydroxylation is 2. The van der Waals surface area contributed by atoms with Crippen LogP contribution in [0.5, 0.6) is 0 Å². The van der Waals surface area contributed by atoms with E-state index in [1.807, 2.05) is 12.1 Å². The highest BCUT2D eigenvalue weighted by molar-refractivity contribution is 6.14. The molecule has 0 radical (unpaired) electrons. The van der Waals surface area contributed by atoms with Crippen LogP contribution in [0.2, 0.25) is 0 Å². The minimum atomic E-state index is -0.285. The standard InChI is InChI=1S/C36H29FNO/c1-21(2)24-17-18-38(4)32(20-24)33-22(3)9-13-29-30-15-16-31(37)34(36(30)39-35(29)33)26-12-14-28-25(19-26)11-10-23-7-5-6-8-27(23)28/h5-21H,1-4H3/q+1. The highest BCUT2D eigenvalue weighted by Gasteiger charge is 2.24. The molecule has 0 atom stereocenters. The Morgan fingerprint density at radius 2 is 1.38 bits per heavy atom. The molecule has 0 unspecified atom stereocenters. The van der Waals surface area contributed by atoms with Gasteiger partial charge >= 0.3 is 0 Å². The molecule has 0 saturated carbocycles. The second-order valence-corrected chi connectivity index (χ2v) is 10.9. The first-order chi connectivity index (χ1) is 18.9. The average molecular weight is 511 g/mol. The summed E-state index contributed by atoms with van der Waals surface area (Å²) >= 11 is 0. The van der Waals surface area contributed by atoms with Gasteiger partial charge in [0.15, 0.2) is 6.20 Å². The molecule has 0 aliphatic carbocycles. The maximum absolute atomic E-state index is 15.6. The molecule has 190 valence electrons. The van der Waals surface area contributed by atoms with Crippen LogP contribution in [0.3, 0.4) is 0 Å². The van der Waals surface area contributed by atoms with E-state index < -0.39 is 0 Å². The molecule has 0 amide bonds. The van der Waals surface area contributed by atoms with Crippen LogP contribution in [0.4, 0.5) is 4.39 Å². The lowest BCUT2D eigenvalue weighted by Gasteiger charge is -2.09. The largest absolute Gasteiger partial charge is 0.454 e. The molecular weight excluding hydrogens is 481 g/mol. The van der Waals surface area contributed by atoms with E-state index in [4.69, 9.17) is 4.42 Å². The van der Waals surface area contributed by atoms with Crippen LogP contribution in [0, 0.1) is 12.7 Å². The normalized spacial score (nSPS) is 11.9. The van der Waals surface area contributed by atoms with Gasteiger partial charge in [-0.3, -0.25) is 0 Å². The van der Waals surface area contributed by atoms with Gasteiger partial charge in [-0.25, -0.2) is 8.96 Å². The van der Waals surface area contributed by atoms with Gasteiger partial charge in [0.05, 0.1) is 11.1 Å². The third-order valence-corrected chi connectivity index (χ3v) is 8.10. The molecule has 0 saturated heterocycles. The highest BCUT2D eigenvalue weighted by atomic mass is 19.1. The summed E-state index contributed by atoms with van der Waals surface area (Å²) in [4.78, 5) is 0. The molecule has 0 fully saturated rings. The maximum atomic E-state index is 15.6. The Morgan fingerprint density at radius 1 is 0.692 bits per heavy atom. The summed E-state index contributed by atoms with van der Waals surface area (Å²) in [5.74, 6) is 0.123. The number of fused-ring (bicyclic) bond motifs is 6. The van der Waals surface area contributed by atoms with Crippen LogP contribution in [0.25, 0.3) is 65.9 Å². The number of aromatic nitrogens is 1. The monoisotopic (exact) mass is 510 g/mol. The zero-order valence-corrected chi connectivity index (χ0v) is 22.5. The van der Waals surface area contributed by atoms with Crippen LogP contribution >= 0.6 is 0 Å². The van der Waals surface area contributed by atoms with Gasteiger partial charge in [-0.15, -0.1) is 0 Å². The SMILES string of the molecule is Cc1ccc2c(oc3c(-c4ccc5c(ccc6ccccc65)c4)c(F)ccc32)c1-c1cc(C(C)C)cc[n+]1C. The van der Waals surface area contributed by atoms with Crippen LogP contribution in [0.1, 0.15) is 30.9 Å². The molecule has 2 aromatic heterocycles. The van der Waals surface area contributed by atoms with Gasteiger partial charge in [-0.05, 0) is 69.3 Å². The van der Waals surface area contributed by atoms with Crippen molar-refractivity contribution in [1.82, 2.24) is 0 Å². The Labute approximate surface area is 226 Å². The van der Waals surface area contributed by atoms with Crippen molar-refractivity contribution in [3.8, 4) is 22.4 Å². The highest BCUT2D eigenvalue weighted by Crippen LogP contribution is 2.42. The van der Waals surface area contributed by atoms with Gasteiger partial charge in [0.2, 0.25) is 5.69 Å². The minimum Gasteiger partial charge on any atom is -0.454 e. The lowest BCUT2D eigenvalue weighted by Crippen LogP contribution is -2.31. The second-order valence-electron chi connectivity index (χ2n) is 10.9. The van der Waals surface area contributed by atoms with E-state index in [1.54, 1.807) is 6.07 Å². The number of hydrogen-bond acceptors (Lipinski definition) is 1. The van der Waals surface area contributed by atoms with E-state index in [-0.39, 0.29) is 5.82 Å². The zero-order chi connectivity index (χ0) is 26.8. The number of furan rings is 1. The van der Waals surface area contributed by atoms with Crippen molar-refractivity contribution in [2.75, 3.05) is 0 Å². The van der Waals surface area contributed by atoms with E-state index in [2.05, 4.69) is 111 Å². The van der Waals surface area contributed by atoms with E-state index in [0.29, 0.717) is 17.1 Å². The van der Waals surface area contributed by atoms with Crippen molar-refractivity contribution in [3.05, 3.63) is 114 Å². The Kier molecular flexibility index (Phi) is 5.31. The number of halogens is 1. The maximum Gasteiger partial charge on any atom is 0.216 e. The Bertz CT molecular complexity index is 2080.